The lowest BCUT2D eigenvalue weighted by Crippen LogP contribution is -2.26. The molecule has 0 saturated carbocycles. The van der Waals surface area contributed by atoms with Gasteiger partial charge in [-0.2, -0.15) is 21.6 Å². The molecule has 3 nitrogen and oxygen atoms in total. The normalized spacial score (nSPS) is 12.5. The maximum Gasteiger partial charge on any atom is 0.406 e. The minimum Gasteiger partial charge on any atom is -0.382 e. The Labute approximate surface area is 84.6 Å². The molecule has 1 aromatic rings. The van der Waals surface area contributed by atoms with Crippen LogP contribution in [0.5, 0.6) is 5.75 Å². The van der Waals surface area contributed by atoms with E-state index in [0.717, 1.165) is 0 Å². The lowest BCUT2D eigenvalue weighted by molar-refractivity contribution is -0.107. The molecule has 0 fully saturated rings. The van der Waals surface area contributed by atoms with Crippen LogP contribution in [0.15, 0.2) is 30.3 Å². The minimum atomic E-state index is -4.80. The molecule has 0 bridgehead atoms. The first-order valence-corrected chi connectivity index (χ1v) is 5.40. The SMILES string of the molecule is O=S(=O)(CC(F)(F)F)Oc1ccccc1. The zero-order valence-corrected chi connectivity index (χ0v) is 8.18. The number of rotatable bonds is 3. The topological polar surface area (TPSA) is 43.4 Å². The van der Waals surface area contributed by atoms with Crippen molar-refractivity contribution in [3.05, 3.63) is 30.3 Å². The van der Waals surface area contributed by atoms with E-state index in [1.807, 2.05) is 0 Å². The molecule has 0 aliphatic heterocycles. The fraction of sp³-hybridized carbons (Fsp3) is 0.250. The second-order valence-electron chi connectivity index (χ2n) is 2.71. The summed E-state index contributed by atoms with van der Waals surface area (Å²) in [6, 6.07) is 7.02. The summed E-state index contributed by atoms with van der Waals surface area (Å²) in [5.74, 6) is -2.13. The molecule has 0 unspecified atom stereocenters. The van der Waals surface area contributed by atoms with Gasteiger partial charge in [-0.1, -0.05) is 18.2 Å². The summed E-state index contributed by atoms with van der Waals surface area (Å²) in [5, 5.41) is 0. The van der Waals surface area contributed by atoms with Gasteiger partial charge in [-0.15, -0.1) is 0 Å². The Hall–Kier alpha value is -1.24. The second kappa shape index (κ2) is 4.09. The zero-order chi connectivity index (χ0) is 11.5. The van der Waals surface area contributed by atoms with E-state index in [9.17, 15) is 21.6 Å². The van der Waals surface area contributed by atoms with Crippen molar-refractivity contribution in [3.8, 4) is 5.75 Å². The van der Waals surface area contributed by atoms with Crippen LogP contribution in [-0.4, -0.2) is 20.3 Å². The average Bonchev–Trinajstić information content (AvgIpc) is 1.99. The van der Waals surface area contributed by atoms with Gasteiger partial charge in [0.1, 0.15) is 5.75 Å². The van der Waals surface area contributed by atoms with Crippen LogP contribution in [0, 0.1) is 0 Å². The summed E-state index contributed by atoms with van der Waals surface area (Å²) in [6.07, 6.45) is -4.80. The van der Waals surface area contributed by atoms with Crippen molar-refractivity contribution < 1.29 is 25.8 Å². The molecule has 0 atom stereocenters. The largest absolute Gasteiger partial charge is 0.406 e. The lowest BCUT2D eigenvalue weighted by atomic mass is 10.3. The highest BCUT2D eigenvalue weighted by Crippen LogP contribution is 2.20. The van der Waals surface area contributed by atoms with Gasteiger partial charge in [0.2, 0.25) is 0 Å². The van der Waals surface area contributed by atoms with Gasteiger partial charge in [0, 0.05) is 0 Å². The predicted molar refractivity (Wildman–Crippen MR) is 46.9 cm³/mol. The number of halogens is 3. The fourth-order valence-corrected chi connectivity index (χ4v) is 1.72. The molecule has 0 aromatic heterocycles. The molecular formula is C8H7F3O3S. The van der Waals surface area contributed by atoms with Gasteiger partial charge in [-0.25, -0.2) is 0 Å². The molecule has 0 radical (unpaired) electrons. The molecular weight excluding hydrogens is 233 g/mol. The summed E-state index contributed by atoms with van der Waals surface area (Å²) >= 11 is 0. The van der Waals surface area contributed by atoms with Crippen molar-refractivity contribution in [3.63, 3.8) is 0 Å². The van der Waals surface area contributed by atoms with Crippen LogP contribution in [0.2, 0.25) is 0 Å². The van der Waals surface area contributed by atoms with Crippen LogP contribution in [-0.2, 0) is 10.1 Å². The molecule has 7 heteroatoms. The summed E-state index contributed by atoms with van der Waals surface area (Å²) < 4.78 is 61.4. The Balaban J connectivity index is 2.74. The summed E-state index contributed by atoms with van der Waals surface area (Å²) in [6.45, 7) is 0. The smallest absolute Gasteiger partial charge is 0.382 e. The third kappa shape index (κ3) is 4.68. The minimum absolute atomic E-state index is 0.137. The van der Waals surface area contributed by atoms with E-state index in [1.54, 1.807) is 6.07 Å². The van der Waals surface area contributed by atoms with Gasteiger partial charge in [0.15, 0.2) is 5.75 Å². The van der Waals surface area contributed by atoms with Gasteiger partial charge in [0.25, 0.3) is 0 Å². The Kier molecular flexibility index (Phi) is 3.23. The van der Waals surface area contributed by atoms with Crippen molar-refractivity contribution in [1.29, 1.82) is 0 Å². The first kappa shape index (κ1) is 11.8. The van der Waals surface area contributed by atoms with E-state index in [0.29, 0.717) is 0 Å². The molecule has 0 saturated heterocycles. The van der Waals surface area contributed by atoms with Crippen molar-refractivity contribution >= 4 is 10.1 Å². The zero-order valence-electron chi connectivity index (χ0n) is 7.36. The van der Waals surface area contributed by atoms with E-state index >= 15 is 0 Å². The molecule has 0 amide bonds. The highest BCUT2D eigenvalue weighted by molar-refractivity contribution is 7.87. The van der Waals surface area contributed by atoms with Crippen LogP contribution in [0.1, 0.15) is 0 Å². The summed E-state index contributed by atoms with van der Waals surface area (Å²) in [7, 11) is -4.62. The van der Waals surface area contributed by atoms with Gasteiger partial charge in [-0.3, -0.25) is 0 Å². The molecule has 1 rings (SSSR count). The van der Waals surface area contributed by atoms with Crippen molar-refractivity contribution in [2.24, 2.45) is 0 Å². The first-order valence-electron chi connectivity index (χ1n) is 3.82. The molecule has 84 valence electrons. The van der Waals surface area contributed by atoms with E-state index in [-0.39, 0.29) is 5.75 Å². The van der Waals surface area contributed by atoms with E-state index in [1.165, 1.54) is 24.3 Å². The maximum absolute atomic E-state index is 11.8. The maximum atomic E-state index is 11.8. The standard InChI is InChI=1S/C8H7F3O3S/c9-8(10,11)6-15(12,13)14-7-4-2-1-3-5-7/h1-5H,6H2. The molecule has 0 heterocycles. The number of alkyl halides is 3. The highest BCUT2D eigenvalue weighted by Gasteiger charge is 2.36. The molecule has 15 heavy (non-hydrogen) atoms. The lowest BCUT2D eigenvalue weighted by Gasteiger charge is -2.08. The van der Waals surface area contributed by atoms with Gasteiger partial charge >= 0.3 is 16.3 Å². The van der Waals surface area contributed by atoms with Crippen LogP contribution in [0.3, 0.4) is 0 Å². The van der Waals surface area contributed by atoms with Crippen molar-refractivity contribution in [2.45, 2.75) is 6.18 Å². The molecule has 0 N–H and O–H groups in total. The first-order chi connectivity index (χ1) is 6.79. The molecule has 0 spiro atoms. The number of para-hydroxylation sites is 1. The van der Waals surface area contributed by atoms with Crippen LogP contribution >= 0.6 is 0 Å². The highest BCUT2D eigenvalue weighted by atomic mass is 32.2. The average molecular weight is 240 g/mol. The number of benzene rings is 1. The third-order valence-electron chi connectivity index (χ3n) is 1.31. The van der Waals surface area contributed by atoms with E-state index in [2.05, 4.69) is 4.18 Å². The Bertz CT molecular complexity index is 411. The summed E-state index contributed by atoms with van der Waals surface area (Å²) in [4.78, 5) is 0. The number of hydrogen-bond donors (Lipinski definition) is 0. The number of hydrogen-bond acceptors (Lipinski definition) is 3. The quantitative estimate of drug-likeness (QED) is 0.758. The third-order valence-corrected chi connectivity index (χ3v) is 2.43. The van der Waals surface area contributed by atoms with E-state index in [4.69, 9.17) is 0 Å². The molecule has 0 aliphatic rings. The Morgan fingerprint density at radius 2 is 1.67 bits per heavy atom. The molecule has 0 aliphatic carbocycles. The summed E-state index contributed by atoms with van der Waals surface area (Å²) in [5.41, 5.74) is 0. The van der Waals surface area contributed by atoms with Gasteiger partial charge in [-0.05, 0) is 12.1 Å². The molecule has 1 aromatic carbocycles. The Morgan fingerprint density at radius 3 is 2.13 bits per heavy atom. The Morgan fingerprint density at radius 1 is 1.13 bits per heavy atom. The second-order valence-corrected chi connectivity index (χ2v) is 4.28. The predicted octanol–water partition coefficient (Wildman–Crippen LogP) is 1.96. The van der Waals surface area contributed by atoms with Crippen LogP contribution in [0.4, 0.5) is 13.2 Å². The van der Waals surface area contributed by atoms with Crippen molar-refractivity contribution in [1.82, 2.24) is 0 Å². The van der Waals surface area contributed by atoms with Gasteiger partial charge < -0.3 is 4.18 Å². The monoisotopic (exact) mass is 240 g/mol. The fourth-order valence-electron chi connectivity index (χ4n) is 0.853. The van der Waals surface area contributed by atoms with E-state index < -0.39 is 22.0 Å². The van der Waals surface area contributed by atoms with Crippen LogP contribution in [0.25, 0.3) is 0 Å². The van der Waals surface area contributed by atoms with Crippen molar-refractivity contribution in [2.75, 3.05) is 5.75 Å². The van der Waals surface area contributed by atoms with Gasteiger partial charge in [0.05, 0.1) is 0 Å². The van der Waals surface area contributed by atoms with Crippen LogP contribution < -0.4 is 4.18 Å².